The van der Waals surface area contributed by atoms with Crippen molar-refractivity contribution in [3.8, 4) is 6.07 Å². The Morgan fingerprint density at radius 3 is 2.76 bits per heavy atom. The Bertz CT molecular complexity index is 1110. The van der Waals surface area contributed by atoms with Crippen LogP contribution in [0, 0.1) is 25.2 Å². The summed E-state index contributed by atoms with van der Waals surface area (Å²) < 4.78 is 39.9. The fraction of sp³-hybridized carbons (Fsp3) is 0.300. The highest BCUT2D eigenvalue weighted by atomic mass is 19.4. The summed E-state index contributed by atoms with van der Waals surface area (Å²) in [6, 6.07) is 6.91. The smallest absolute Gasteiger partial charge is 0.352 e. The molecule has 1 amide bonds. The summed E-state index contributed by atoms with van der Waals surface area (Å²) in [5, 5.41) is 15.9. The molecule has 3 aromatic rings. The predicted octanol–water partition coefficient (Wildman–Crippen LogP) is 3.49. The van der Waals surface area contributed by atoms with Crippen LogP contribution in [0.5, 0.6) is 0 Å². The second-order valence-electron chi connectivity index (χ2n) is 6.64. The van der Waals surface area contributed by atoms with E-state index in [4.69, 9.17) is 5.26 Å². The van der Waals surface area contributed by atoms with Crippen LogP contribution in [-0.2, 0) is 23.9 Å². The average Bonchev–Trinajstić information content (AvgIpc) is 3.08. The maximum atomic E-state index is 12.8. The molecule has 6 nitrogen and oxygen atoms in total. The summed E-state index contributed by atoms with van der Waals surface area (Å²) in [7, 11) is 0. The number of amides is 1. The van der Waals surface area contributed by atoms with Crippen LogP contribution in [0.25, 0.3) is 5.65 Å². The number of carbonyl (C=O) groups excluding carboxylic acids is 1. The number of halogens is 3. The quantitative estimate of drug-likeness (QED) is 0.710. The Kier molecular flexibility index (Phi) is 5.55. The average molecular weight is 401 g/mol. The van der Waals surface area contributed by atoms with Crippen molar-refractivity contribution in [1.82, 2.24) is 19.9 Å². The van der Waals surface area contributed by atoms with Crippen molar-refractivity contribution in [2.75, 3.05) is 0 Å². The van der Waals surface area contributed by atoms with E-state index in [1.165, 1.54) is 18.3 Å². The molecule has 0 radical (unpaired) electrons. The highest BCUT2D eigenvalue weighted by Crippen LogP contribution is 2.29. The molecule has 0 fully saturated rings. The molecule has 2 aromatic heterocycles. The Morgan fingerprint density at radius 2 is 2.07 bits per heavy atom. The summed E-state index contributed by atoms with van der Waals surface area (Å²) in [5.74, 6) is -0.278. The number of fused-ring (bicyclic) bond motifs is 1. The van der Waals surface area contributed by atoms with Gasteiger partial charge in [0.2, 0.25) is 5.91 Å². The molecule has 0 spiro atoms. The number of aryl methyl sites for hydroxylation is 2. The van der Waals surface area contributed by atoms with Gasteiger partial charge < -0.3 is 5.32 Å². The van der Waals surface area contributed by atoms with Gasteiger partial charge in [0.15, 0.2) is 5.65 Å². The minimum Gasteiger partial charge on any atom is -0.352 e. The lowest BCUT2D eigenvalue weighted by Crippen LogP contribution is -2.23. The molecule has 0 aliphatic carbocycles. The van der Waals surface area contributed by atoms with Gasteiger partial charge in [0, 0.05) is 24.4 Å². The topological polar surface area (TPSA) is 83.1 Å². The van der Waals surface area contributed by atoms with Gasteiger partial charge in [-0.25, -0.2) is 9.50 Å². The summed E-state index contributed by atoms with van der Waals surface area (Å²) in [4.78, 5) is 16.6. The highest BCUT2D eigenvalue weighted by molar-refractivity contribution is 5.76. The predicted molar refractivity (Wildman–Crippen MR) is 98.8 cm³/mol. The summed E-state index contributed by atoms with van der Waals surface area (Å²) in [6.07, 6.45) is -2.42. The number of alkyl halides is 3. The maximum Gasteiger partial charge on any atom is 0.416 e. The van der Waals surface area contributed by atoms with Crippen LogP contribution in [0.1, 0.15) is 40.1 Å². The normalized spacial score (nSPS) is 11.4. The van der Waals surface area contributed by atoms with E-state index in [-0.39, 0.29) is 18.9 Å². The monoisotopic (exact) mass is 401 g/mol. The van der Waals surface area contributed by atoms with Crippen molar-refractivity contribution in [3.63, 3.8) is 0 Å². The molecule has 0 atom stereocenters. The zero-order valence-electron chi connectivity index (χ0n) is 15.8. The molecule has 29 heavy (non-hydrogen) atoms. The van der Waals surface area contributed by atoms with E-state index < -0.39 is 11.7 Å². The van der Waals surface area contributed by atoms with Gasteiger partial charge in [-0.05, 0) is 43.5 Å². The Balaban J connectivity index is 1.65. The Labute approximate surface area is 165 Å². The number of hydrogen-bond donors (Lipinski definition) is 1. The van der Waals surface area contributed by atoms with Gasteiger partial charge in [-0.2, -0.15) is 23.5 Å². The molecular weight excluding hydrogens is 383 g/mol. The standard InChI is InChI=1S/C20H18F3N5O/c1-12-17(13(2)28-19(27-12)15(9-24)11-26-28)6-7-18(29)25-10-14-4-3-5-16(8-14)20(21,22)23/h3-5,8,11H,6-7,10H2,1-2H3,(H,25,29). The van der Waals surface area contributed by atoms with Crippen molar-refractivity contribution in [2.45, 2.75) is 39.4 Å². The molecule has 0 saturated carbocycles. The van der Waals surface area contributed by atoms with Gasteiger partial charge in [-0.15, -0.1) is 0 Å². The molecule has 150 valence electrons. The first-order valence-electron chi connectivity index (χ1n) is 8.87. The van der Waals surface area contributed by atoms with Crippen molar-refractivity contribution < 1.29 is 18.0 Å². The first-order valence-corrected chi connectivity index (χ1v) is 8.87. The Morgan fingerprint density at radius 1 is 1.31 bits per heavy atom. The zero-order chi connectivity index (χ0) is 21.2. The van der Waals surface area contributed by atoms with Crippen LogP contribution in [0.15, 0.2) is 30.5 Å². The SMILES string of the molecule is Cc1nc2c(C#N)cnn2c(C)c1CCC(=O)NCc1cccc(C(F)(F)F)c1. The number of nitrogens with one attached hydrogen (secondary N) is 1. The van der Waals surface area contributed by atoms with Crippen LogP contribution in [0.4, 0.5) is 13.2 Å². The van der Waals surface area contributed by atoms with Crippen LogP contribution >= 0.6 is 0 Å². The van der Waals surface area contributed by atoms with Gasteiger partial charge in [0.1, 0.15) is 11.6 Å². The molecule has 1 aromatic carbocycles. The van der Waals surface area contributed by atoms with E-state index in [1.807, 2.05) is 13.0 Å². The first kappa shape index (κ1) is 20.3. The highest BCUT2D eigenvalue weighted by Gasteiger charge is 2.30. The summed E-state index contributed by atoms with van der Waals surface area (Å²) in [5.41, 5.74) is 2.83. The molecule has 0 unspecified atom stereocenters. The van der Waals surface area contributed by atoms with Gasteiger partial charge in [0.25, 0.3) is 0 Å². The van der Waals surface area contributed by atoms with Gasteiger partial charge >= 0.3 is 6.18 Å². The third-order valence-corrected chi connectivity index (χ3v) is 4.68. The second kappa shape index (κ2) is 7.91. The maximum absolute atomic E-state index is 12.8. The van der Waals surface area contributed by atoms with Gasteiger partial charge in [0.05, 0.1) is 11.8 Å². The third-order valence-electron chi connectivity index (χ3n) is 4.68. The van der Waals surface area contributed by atoms with E-state index in [0.717, 1.165) is 23.4 Å². The van der Waals surface area contributed by atoms with E-state index >= 15 is 0 Å². The lowest BCUT2D eigenvalue weighted by atomic mass is 10.1. The molecule has 0 saturated heterocycles. The van der Waals surface area contributed by atoms with E-state index in [2.05, 4.69) is 15.4 Å². The summed E-state index contributed by atoms with van der Waals surface area (Å²) >= 11 is 0. The zero-order valence-corrected chi connectivity index (χ0v) is 15.8. The summed E-state index contributed by atoms with van der Waals surface area (Å²) in [6.45, 7) is 3.66. The minimum atomic E-state index is -4.42. The lowest BCUT2D eigenvalue weighted by Gasteiger charge is -2.12. The number of benzene rings is 1. The number of aromatic nitrogens is 3. The molecule has 0 aliphatic rings. The molecule has 2 heterocycles. The van der Waals surface area contributed by atoms with Gasteiger partial charge in [-0.1, -0.05) is 12.1 Å². The molecular formula is C20H18F3N5O. The van der Waals surface area contributed by atoms with Crippen molar-refractivity contribution in [2.24, 2.45) is 0 Å². The number of carbonyl (C=O) groups is 1. The van der Waals surface area contributed by atoms with Gasteiger partial charge in [-0.3, -0.25) is 4.79 Å². The number of nitrogens with zero attached hydrogens (tertiary/aromatic N) is 4. The van der Waals surface area contributed by atoms with E-state index in [9.17, 15) is 18.0 Å². The molecule has 0 aliphatic heterocycles. The largest absolute Gasteiger partial charge is 0.416 e. The van der Waals surface area contributed by atoms with Crippen LogP contribution < -0.4 is 5.32 Å². The fourth-order valence-corrected chi connectivity index (χ4v) is 3.14. The number of rotatable bonds is 5. The second-order valence-corrected chi connectivity index (χ2v) is 6.64. The van der Waals surface area contributed by atoms with Crippen LogP contribution in [0.3, 0.4) is 0 Å². The van der Waals surface area contributed by atoms with E-state index in [0.29, 0.717) is 28.9 Å². The number of nitriles is 1. The molecule has 3 rings (SSSR count). The molecule has 9 heteroatoms. The number of hydrogen-bond acceptors (Lipinski definition) is 4. The molecule has 0 bridgehead atoms. The third kappa shape index (κ3) is 4.37. The fourth-order valence-electron chi connectivity index (χ4n) is 3.14. The van der Waals surface area contributed by atoms with Crippen molar-refractivity contribution in [1.29, 1.82) is 5.26 Å². The molecule has 1 N–H and O–H groups in total. The van der Waals surface area contributed by atoms with E-state index in [1.54, 1.807) is 11.4 Å². The van der Waals surface area contributed by atoms with Crippen molar-refractivity contribution in [3.05, 3.63) is 64.1 Å². The minimum absolute atomic E-state index is 0.0166. The first-order chi connectivity index (χ1) is 13.7. The van der Waals surface area contributed by atoms with Crippen LogP contribution in [-0.4, -0.2) is 20.5 Å². The Hall–Kier alpha value is -3.41. The van der Waals surface area contributed by atoms with Crippen molar-refractivity contribution >= 4 is 11.6 Å². The lowest BCUT2D eigenvalue weighted by molar-refractivity contribution is -0.137. The van der Waals surface area contributed by atoms with Crippen LogP contribution in [0.2, 0.25) is 0 Å².